The number of anilines is 2. The molecule has 0 radical (unpaired) electrons. The van der Waals surface area contributed by atoms with Crippen LogP contribution in [0.4, 0.5) is 11.6 Å². The van der Waals surface area contributed by atoms with E-state index in [4.69, 9.17) is 11.1 Å². The van der Waals surface area contributed by atoms with E-state index in [1.165, 1.54) is 6.33 Å². The van der Waals surface area contributed by atoms with E-state index in [1.807, 2.05) is 18.9 Å². The number of nitrogens with zero attached hydrogens (tertiary/aromatic N) is 4. The Hall–Kier alpha value is -1.87. The van der Waals surface area contributed by atoms with Crippen molar-refractivity contribution in [2.75, 3.05) is 23.9 Å². The Morgan fingerprint density at radius 2 is 2.11 bits per heavy atom. The van der Waals surface area contributed by atoms with E-state index in [0.29, 0.717) is 12.4 Å². The zero-order valence-corrected chi connectivity index (χ0v) is 11.3. The lowest BCUT2D eigenvalue weighted by Gasteiger charge is -2.24. The maximum absolute atomic E-state index is 8.87. The maximum atomic E-state index is 8.87. The maximum Gasteiger partial charge on any atom is 0.148 e. The quantitative estimate of drug-likeness (QED) is 0.606. The van der Waals surface area contributed by atoms with Crippen molar-refractivity contribution in [1.82, 2.24) is 9.97 Å². The van der Waals surface area contributed by atoms with Gasteiger partial charge in [-0.1, -0.05) is 13.8 Å². The van der Waals surface area contributed by atoms with Crippen LogP contribution in [0.1, 0.15) is 32.3 Å². The number of nitrogen functional groups attached to an aromatic ring is 1. The minimum absolute atomic E-state index is 0.0562. The van der Waals surface area contributed by atoms with Crippen molar-refractivity contribution in [2.24, 2.45) is 11.8 Å². The third kappa shape index (κ3) is 3.08. The first-order valence-electron chi connectivity index (χ1n) is 5.93. The minimum atomic E-state index is -0.0562. The summed E-state index contributed by atoms with van der Waals surface area (Å²) in [5.41, 5.74) is 3.56. The molecular weight excluding hydrogens is 228 g/mol. The van der Waals surface area contributed by atoms with Crippen LogP contribution < -0.4 is 16.2 Å². The van der Waals surface area contributed by atoms with E-state index in [1.54, 1.807) is 0 Å². The molecule has 6 heteroatoms. The summed E-state index contributed by atoms with van der Waals surface area (Å²) in [7, 11) is 1.92. The van der Waals surface area contributed by atoms with Crippen LogP contribution in [0, 0.1) is 17.2 Å². The fraction of sp³-hybridized carbons (Fsp3) is 0.583. The standard InChI is InChI=1S/C12H20N6/c1-8(2)10-11(17-14)15-7-16-12(10)18(4)6-9(3)5-13/h7-9H,6,14H2,1-4H3,(H,15,16,17). The van der Waals surface area contributed by atoms with E-state index in [2.05, 4.69) is 35.3 Å². The molecule has 1 rings (SSSR count). The summed E-state index contributed by atoms with van der Waals surface area (Å²) in [4.78, 5) is 10.4. The van der Waals surface area contributed by atoms with Gasteiger partial charge < -0.3 is 10.3 Å². The summed E-state index contributed by atoms with van der Waals surface area (Å²) in [5.74, 6) is 7.11. The molecule has 1 aromatic heterocycles. The van der Waals surface area contributed by atoms with Crippen LogP contribution in [0.25, 0.3) is 0 Å². The number of hydrogen-bond donors (Lipinski definition) is 2. The second-order valence-electron chi connectivity index (χ2n) is 4.67. The first-order chi connectivity index (χ1) is 8.51. The molecule has 0 fully saturated rings. The van der Waals surface area contributed by atoms with Gasteiger partial charge in [0.05, 0.1) is 12.0 Å². The molecule has 0 saturated heterocycles. The van der Waals surface area contributed by atoms with Crippen molar-refractivity contribution >= 4 is 11.6 Å². The van der Waals surface area contributed by atoms with Crippen LogP contribution in [-0.2, 0) is 0 Å². The van der Waals surface area contributed by atoms with Crippen LogP contribution in [-0.4, -0.2) is 23.6 Å². The average Bonchev–Trinajstić information content (AvgIpc) is 2.37. The number of nitriles is 1. The molecule has 0 bridgehead atoms. The van der Waals surface area contributed by atoms with Gasteiger partial charge in [0.2, 0.25) is 0 Å². The van der Waals surface area contributed by atoms with Gasteiger partial charge >= 0.3 is 0 Å². The van der Waals surface area contributed by atoms with Crippen LogP contribution in [0.5, 0.6) is 0 Å². The molecule has 1 unspecified atom stereocenters. The SMILES string of the molecule is CC(C#N)CN(C)c1ncnc(NN)c1C(C)C. The van der Waals surface area contributed by atoms with Gasteiger partial charge in [-0.15, -0.1) is 0 Å². The molecule has 98 valence electrons. The molecule has 0 aliphatic heterocycles. The van der Waals surface area contributed by atoms with E-state index >= 15 is 0 Å². The number of nitrogens with one attached hydrogen (secondary N) is 1. The lowest BCUT2D eigenvalue weighted by Crippen LogP contribution is -2.26. The summed E-state index contributed by atoms with van der Waals surface area (Å²) in [6, 6.07) is 2.22. The van der Waals surface area contributed by atoms with Gasteiger partial charge in [-0.2, -0.15) is 5.26 Å². The smallest absolute Gasteiger partial charge is 0.148 e. The Morgan fingerprint density at radius 3 is 2.61 bits per heavy atom. The summed E-state index contributed by atoms with van der Waals surface area (Å²) in [6.45, 7) is 6.63. The summed E-state index contributed by atoms with van der Waals surface area (Å²) >= 11 is 0. The molecule has 0 saturated carbocycles. The number of rotatable bonds is 5. The predicted octanol–water partition coefficient (Wildman–Crippen LogP) is 1.48. The van der Waals surface area contributed by atoms with Crippen molar-refractivity contribution < 1.29 is 0 Å². The van der Waals surface area contributed by atoms with Crippen LogP contribution in [0.15, 0.2) is 6.33 Å². The molecule has 0 spiro atoms. The molecule has 1 atom stereocenters. The Labute approximate surface area is 108 Å². The van der Waals surface area contributed by atoms with Crippen LogP contribution in [0.2, 0.25) is 0 Å². The minimum Gasteiger partial charge on any atom is -0.358 e. The molecule has 18 heavy (non-hydrogen) atoms. The Balaban J connectivity index is 3.12. The van der Waals surface area contributed by atoms with E-state index in [9.17, 15) is 0 Å². The molecule has 0 aromatic carbocycles. The van der Waals surface area contributed by atoms with Gasteiger partial charge in [-0.3, -0.25) is 0 Å². The summed E-state index contributed by atoms with van der Waals surface area (Å²) in [5, 5.41) is 8.87. The van der Waals surface area contributed by atoms with Gasteiger partial charge in [0.25, 0.3) is 0 Å². The Kier molecular flexibility index (Phi) is 4.86. The van der Waals surface area contributed by atoms with E-state index < -0.39 is 0 Å². The second kappa shape index (κ2) is 6.17. The third-order valence-electron chi connectivity index (χ3n) is 2.71. The van der Waals surface area contributed by atoms with Gasteiger partial charge in [0.15, 0.2) is 0 Å². The largest absolute Gasteiger partial charge is 0.358 e. The van der Waals surface area contributed by atoms with E-state index in [0.717, 1.165) is 11.4 Å². The van der Waals surface area contributed by atoms with Crippen molar-refractivity contribution in [3.63, 3.8) is 0 Å². The van der Waals surface area contributed by atoms with Gasteiger partial charge in [-0.05, 0) is 12.8 Å². The molecular formula is C12H20N6. The molecule has 0 aliphatic carbocycles. The summed E-state index contributed by atoms with van der Waals surface area (Å²) in [6.07, 6.45) is 1.48. The highest BCUT2D eigenvalue weighted by atomic mass is 15.3. The van der Waals surface area contributed by atoms with Crippen molar-refractivity contribution in [2.45, 2.75) is 26.7 Å². The number of hydrogen-bond acceptors (Lipinski definition) is 6. The zero-order valence-electron chi connectivity index (χ0n) is 11.3. The van der Waals surface area contributed by atoms with Crippen molar-refractivity contribution in [3.8, 4) is 6.07 Å². The number of hydrazine groups is 1. The topological polar surface area (TPSA) is 90.9 Å². The molecule has 0 amide bonds. The predicted molar refractivity (Wildman–Crippen MR) is 72.0 cm³/mol. The lowest BCUT2D eigenvalue weighted by molar-refractivity contribution is 0.700. The zero-order chi connectivity index (χ0) is 13.7. The summed E-state index contributed by atoms with van der Waals surface area (Å²) < 4.78 is 0. The van der Waals surface area contributed by atoms with Gasteiger partial charge in [-0.25, -0.2) is 15.8 Å². The highest BCUT2D eigenvalue weighted by molar-refractivity contribution is 5.59. The Morgan fingerprint density at radius 1 is 1.44 bits per heavy atom. The average molecular weight is 248 g/mol. The monoisotopic (exact) mass is 248 g/mol. The molecule has 3 N–H and O–H groups in total. The second-order valence-corrected chi connectivity index (χ2v) is 4.67. The fourth-order valence-electron chi connectivity index (χ4n) is 1.88. The van der Waals surface area contributed by atoms with E-state index in [-0.39, 0.29) is 11.8 Å². The molecule has 0 aliphatic rings. The van der Waals surface area contributed by atoms with Crippen molar-refractivity contribution in [3.05, 3.63) is 11.9 Å². The fourth-order valence-corrected chi connectivity index (χ4v) is 1.88. The number of nitrogens with two attached hydrogens (primary N) is 1. The highest BCUT2D eigenvalue weighted by Crippen LogP contribution is 2.29. The Bertz CT molecular complexity index is 437. The molecule has 1 aromatic rings. The molecule has 1 heterocycles. The van der Waals surface area contributed by atoms with Crippen LogP contribution in [0.3, 0.4) is 0 Å². The number of aromatic nitrogens is 2. The van der Waals surface area contributed by atoms with Crippen LogP contribution >= 0.6 is 0 Å². The first-order valence-corrected chi connectivity index (χ1v) is 5.93. The normalized spacial score (nSPS) is 12.1. The molecule has 6 nitrogen and oxygen atoms in total. The van der Waals surface area contributed by atoms with Gasteiger partial charge in [0.1, 0.15) is 18.0 Å². The highest BCUT2D eigenvalue weighted by Gasteiger charge is 2.18. The van der Waals surface area contributed by atoms with Gasteiger partial charge in [0, 0.05) is 19.2 Å². The first kappa shape index (κ1) is 14.2. The van der Waals surface area contributed by atoms with Crippen molar-refractivity contribution in [1.29, 1.82) is 5.26 Å². The lowest BCUT2D eigenvalue weighted by atomic mass is 10.0. The third-order valence-corrected chi connectivity index (χ3v) is 2.71.